The van der Waals surface area contributed by atoms with E-state index in [0.717, 1.165) is 16.3 Å². The van der Waals surface area contributed by atoms with Gasteiger partial charge in [0.25, 0.3) is 0 Å². The summed E-state index contributed by atoms with van der Waals surface area (Å²) >= 11 is 0. The molecule has 0 aliphatic carbocycles. The molecule has 7 heteroatoms. The van der Waals surface area contributed by atoms with Crippen molar-refractivity contribution in [3.8, 4) is 5.69 Å². The van der Waals surface area contributed by atoms with Crippen molar-refractivity contribution >= 4 is 22.1 Å². The average molecular weight is 374 g/mol. The van der Waals surface area contributed by atoms with Crippen molar-refractivity contribution in [2.45, 2.75) is 13.5 Å². The largest absolute Gasteiger partial charge is 0.594 e. The molecule has 1 heterocycles. The van der Waals surface area contributed by atoms with E-state index in [0.29, 0.717) is 21.9 Å². The Bertz CT molecular complexity index is 1240. The molecule has 0 aliphatic heterocycles. The van der Waals surface area contributed by atoms with Gasteiger partial charge in [-0.25, -0.2) is 4.68 Å². The van der Waals surface area contributed by atoms with Crippen LogP contribution in [0.3, 0.4) is 0 Å². The number of nitrogens with zero attached hydrogens (tertiary/aromatic N) is 3. The molecule has 0 bridgehead atoms. The molecule has 28 heavy (non-hydrogen) atoms. The van der Waals surface area contributed by atoms with Crippen molar-refractivity contribution in [3.63, 3.8) is 0 Å². The van der Waals surface area contributed by atoms with Gasteiger partial charge in [-0.2, -0.15) is 0 Å². The number of rotatable bonds is 4. The number of fused-ring (bicyclic) bond motifs is 1. The summed E-state index contributed by atoms with van der Waals surface area (Å²) in [6.07, 6.45) is 0. The monoisotopic (exact) mass is 374 g/mol. The van der Waals surface area contributed by atoms with E-state index >= 15 is 0 Å². The van der Waals surface area contributed by atoms with Gasteiger partial charge in [-0.1, -0.05) is 36.4 Å². The maximum absolute atomic E-state index is 12.7. The molecule has 2 N–H and O–H groups in total. The molecule has 1 aromatic heterocycles. The fourth-order valence-corrected chi connectivity index (χ4v) is 3.03. The highest BCUT2D eigenvalue weighted by Crippen LogP contribution is 2.23. The molecular formula is C21H18N4O3. The smallest absolute Gasteiger partial charge is 0.303 e. The Morgan fingerprint density at radius 2 is 1.79 bits per heavy atom. The van der Waals surface area contributed by atoms with Crippen molar-refractivity contribution in [1.29, 1.82) is 0 Å². The lowest BCUT2D eigenvalue weighted by atomic mass is 10.1. The van der Waals surface area contributed by atoms with Crippen LogP contribution in [-0.2, 0) is 6.61 Å². The molecule has 4 aromatic rings. The van der Waals surface area contributed by atoms with Gasteiger partial charge in [-0.3, -0.25) is 9.89 Å². The second kappa shape index (κ2) is 7.13. The van der Waals surface area contributed by atoms with E-state index in [1.54, 1.807) is 43.3 Å². The quantitative estimate of drug-likeness (QED) is 0.320. The summed E-state index contributed by atoms with van der Waals surface area (Å²) in [4.78, 5) is 13.2. The van der Waals surface area contributed by atoms with E-state index in [9.17, 15) is 10.0 Å². The molecule has 0 saturated heterocycles. The third-order valence-electron chi connectivity index (χ3n) is 4.56. The van der Waals surface area contributed by atoms with Crippen LogP contribution in [-0.4, -0.2) is 19.7 Å². The van der Waals surface area contributed by atoms with Gasteiger partial charge in [-0.05, 0) is 46.3 Å². The van der Waals surface area contributed by atoms with Gasteiger partial charge in [0, 0.05) is 17.2 Å². The third kappa shape index (κ3) is 3.19. The summed E-state index contributed by atoms with van der Waals surface area (Å²) in [5.41, 5.74) is 1.79. The molecule has 3 aromatic carbocycles. The Balaban J connectivity index is 1.73. The fraction of sp³-hybridized carbons (Fsp3) is 0.0952. The van der Waals surface area contributed by atoms with E-state index in [1.807, 2.05) is 30.3 Å². The summed E-state index contributed by atoms with van der Waals surface area (Å²) in [5, 5.41) is 30.6. The van der Waals surface area contributed by atoms with Gasteiger partial charge < -0.3 is 10.3 Å². The van der Waals surface area contributed by atoms with Crippen LogP contribution in [0.15, 0.2) is 76.6 Å². The second-order valence-electron chi connectivity index (χ2n) is 6.45. The van der Waals surface area contributed by atoms with Crippen molar-refractivity contribution in [2.75, 3.05) is 0 Å². The Morgan fingerprint density at radius 1 is 1.07 bits per heavy atom. The van der Waals surface area contributed by atoms with Crippen molar-refractivity contribution < 1.29 is 9.97 Å². The fourth-order valence-electron chi connectivity index (χ4n) is 3.03. The van der Waals surface area contributed by atoms with Crippen LogP contribution in [0.5, 0.6) is 0 Å². The second-order valence-corrected chi connectivity index (χ2v) is 6.45. The number of aliphatic hydroxyl groups excluding tert-OH is 1. The standard InChI is InChI=1S/C21H18N4O3/c1-14-20(21(27)24(22-14)18-9-6-15(13-26)7-10-18)23-25(28)19-11-8-16-4-2-3-5-17(16)12-19/h2-12,22,26H,13H2,1H3. The van der Waals surface area contributed by atoms with Gasteiger partial charge in [0.1, 0.15) is 0 Å². The highest BCUT2D eigenvalue weighted by Gasteiger charge is 2.16. The van der Waals surface area contributed by atoms with Crippen molar-refractivity contribution in [1.82, 2.24) is 9.78 Å². The number of aromatic amines is 1. The lowest BCUT2D eigenvalue weighted by molar-refractivity contribution is -0.435. The molecule has 0 saturated carbocycles. The Kier molecular flexibility index (Phi) is 4.50. The van der Waals surface area contributed by atoms with Crippen LogP contribution in [0.25, 0.3) is 16.5 Å². The van der Waals surface area contributed by atoms with E-state index in [-0.39, 0.29) is 12.3 Å². The summed E-state index contributed by atoms with van der Waals surface area (Å²) in [6, 6.07) is 19.8. The van der Waals surface area contributed by atoms with Crippen LogP contribution in [0.2, 0.25) is 0 Å². The number of aliphatic hydroxyl groups is 1. The number of hydrogen-bond acceptors (Lipinski definition) is 4. The van der Waals surface area contributed by atoms with Gasteiger partial charge in [0.2, 0.25) is 11.4 Å². The highest BCUT2D eigenvalue weighted by atomic mass is 16.5. The Morgan fingerprint density at radius 3 is 2.50 bits per heavy atom. The predicted molar refractivity (Wildman–Crippen MR) is 106 cm³/mol. The minimum absolute atomic E-state index is 0.0504. The lowest BCUT2D eigenvalue weighted by Crippen LogP contribution is -2.14. The predicted octanol–water partition coefficient (Wildman–Crippen LogP) is 4.05. The molecule has 140 valence electrons. The lowest BCUT2D eigenvalue weighted by Gasteiger charge is -2.02. The van der Waals surface area contributed by atoms with Crippen LogP contribution >= 0.6 is 0 Å². The topological polar surface area (TPSA) is 96.5 Å². The van der Waals surface area contributed by atoms with Crippen molar-refractivity contribution in [2.24, 2.45) is 5.11 Å². The molecule has 4 rings (SSSR count). The minimum Gasteiger partial charge on any atom is -0.594 e. The maximum Gasteiger partial charge on any atom is 0.303 e. The number of hydrogen-bond donors (Lipinski definition) is 2. The summed E-state index contributed by atoms with van der Waals surface area (Å²) in [5.74, 6) is 0. The highest BCUT2D eigenvalue weighted by molar-refractivity contribution is 5.84. The van der Waals surface area contributed by atoms with E-state index < -0.39 is 5.56 Å². The van der Waals surface area contributed by atoms with Crippen LogP contribution in [0.4, 0.5) is 11.4 Å². The van der Waals surface area contributed by atoms with Gasteiger partial charge in [-0.15, -0.1) is 0 Å². The van der Waals surface area contributed by atoms with Gasteiger partial charge in [0.05, 0.1) is 18.0 Å². The zero-order valence-corrected chi connectivity index (χ0v) is 15.2. The third-order valence-corrected chi connectivity index (χ3v) is 4.56. The van der Waals surface area contributed by atoms with Crippen LogP contribution in [0.1, 0.15) is 11.3 Å². The van der Waals surface area contributed by atoms with E-state index in [4.69, 9.17) is 5.11 Å². The normalized spacial score (nSPS) is 11.9. The number of azo groups is 1. The van der Waals surface area contributed by atoms with Crippen LogP contribution < -0.4 is 5.56 Å². The summed E-state index contributed by atoms with van der Waals surface area (Å²) < 4.78 is 1.32. The number of nitrogens with one attached hydrogen (secondary N) is 1. The van der Waals surface area contributed by atoms with E-state index in [2.05, 4.69) is 10.2 Å². The molecule has 0 radical (unpaired) electrons. The first kappa shape index (κ1) is 17.7. The molecule has 0 amide bonds. The maximum atomic E-state index is 12.7. The molecule has 7 nitrogen and oxygen atoms in total. The SMILES string of the molecule is Cc1[nH]n(-c2ccc(CO)cc2)c(=O)c1N=[N+]([O-])c1ccc2ccccc2c1. The summed E-state index contributed by atoms with van der Waals surface area (Å²) in [7, 11) is 0. The number of H-pyrrole nitrogens is 1. The van der Waals surface area contributed by atoms with Crippen LogP contribution in [0, 0.1) is 12.1 Å². The zero-order valence-electron chi connectivity index (χ0n) is 15.2. The first-order chi connectivity index (χ1) is 13.6. The first-order valence-corrected chi connectivity index (χ1v) is 8.76. The van der Waals surface area contributed by atoms with Crippen molar-refractivity contribution in [3.05, 3.63) is 93.5 Å². The first-order valence-electron chi connectivity index (χ1n) is 8.76. The van der Waals surface area contributed by atoms with Gasteiger partial charge in [0.15, 0.2) is 0 Å². The molecule has 0 unspecified atom stereocenters. The average Bonchev–Trinajstić information content (AvgIpc) is 3.01. The van der Waals surface area contributed by atoms with E-state index in [1.165, 1.54) is 4.68 Å². The molecule has 0 aliphatic rings. The molecule has 0 atom stereocenters. The summed E-state index contributed by atoms with van der Waals surface area (Å²) in [6.45, 7) is 1.61. The number of aromatic nitrogens is 2. The number of benzene rings is 3. The minimum atomic E-state index is -0.420. The Hall–Kier alpha value is -3.71. The Labute approximate surface area is 160 Å². The van der Waals surface area contributed by atoms with Gasteiger partial charge >= 0.3 is 5.56 Å². The molecule has 0 spiro atoms. The molecular weight excluding hydrogens is 356 g/mol. The molecule has 0 fully saturated rings. The number of aryl methyl sites for hydroxylation is 1. The zero-order chi connectivity index (χ0) is 19.7.